The molecule has 0 aliphatic rings. The minimum atomic E-state index is -0.363. The summed E-state index contributed by atoms with van der Waals surface area (Å²) in [5, 5.41) is 8.03. The molecule has 1 aromatic heterocycles. The topological polar surface area (TPSA) is 59.8 Å². The molecular formula is C24H21ClN4O. The van der Waals surface area contributed by atoms with Crippen LogP contribution in [-0.2, 0) is 0 Å². The Morgan fingerprint density at radius 1 is 0.933 bits per heavy atom. The largest absolute Gasteiger partial charge is 0.319 e. The summed E-state index contributed by atoms with van der Waals surface area (Å²) in [6.07, 6.45) is 0. The molecule has 0 saturated heterocycles. The number of hydrogen-bond acceptors (Lipinski definition) is 3. The number of benzene rings is 3. The number of anilines is 1. The first-order valence-electron chi connectivity index (χ1n) is 9.59. The van der Waals surface area contributed by atoms with Crippen molar-refractivity contribution >= 4 is 23.2 Å². The molecule has 1 amide bonds. The molecule has 3 aromatic carbocycles. The van der Waals surface area contributed by atoms with Crippen LogP contribution in [0.5, 0.6) is 0 Å². The molecule has 0 aliphatic heterocycles. The van der Waals surface area contributed by atoms with Crippen LogP contribution in [0.3, 0.4) is 0 Å². The third-order valence-electron chi connectivity index (χ3n) is 4.81. The SMILES string of the molecule is Cc1ccc(-n2nc(C(=O)Nc3cc(C)ccc3C)nc2-c2cccc(Cl)c2)cc1. The van der Waals surface area contributed by atoms with Crippen LogP contribution in [0.15, 0.2) is 66.7 Å². The lowest BCUT2D eigenvalue weighted by atomic mass is 10.1. The summed E-state index contributed by atoms with van der Waals surface area (Å²) in [5.74, 6) is 0.275. The number of nitrogens with zero attached hydrogens (tertiary/aromatic N) is 3. The van der Waals surface area contributed by atoms with Crippen molar-refractivity contribution in [2.45, 2.75) is 20.8 Å². The van der Waals surface area contributed by atoms with E-state index in [1.54, 1.807) is 10.7 Å². The number of rotatable bonds is 4. The van der Waals surface area contributed by atoms with E-state index in [1.807, 2.05) is 81.4 Å². The molecule has 0 radical (unpaired) electrons. The summed E-state index contributed by atoms with van der Waals surface area (Å²) in [6, 6.07) is 21.1. The molecule has 0 bridgehead atoms. The van der Waals surface area contributed by atoms with Gasteiger partial charge in [0, 0.05) is 16.3 Å². The number of aryl methyl sites for hydroxylation is 3. The third-order valence-corrected chi connectivity index (χ3v) is 5.05. The van der Waals surface area contributed by atoms with Gasteiger partial charge in [-0.3, -0.25) is 4.79 Å². The summed E-state index contributed by atoms with van der Waals surface area (Å²) >= 11 is 6.19. The second-order valence-corrected chi connectivity index (χ2v) is 7.73. The van der Waals surface area contributed by atoms with Crippen molar-refractivity contribution in [2.75, 3.05) is 5.32 Å². The molecule has 5 nitrogen and oxygen atoms in total. The Bertz CT molecular complexity index is 1230. The molecule has 1 heterocycles. The zero-order valence-electron chi connectivity index (χ0n) is 17.0. The van der Waals surface area contributed by atoms with Gasteiger partial charge in [0.1, 0.15) is 0 Å². The Labute approximate surface area is 180 Å². The van der Waals surface area contributed by atoms with Gasteiger partial charge in [0.2, 0.25) is 5.82 Å². The van der Waals surface area contributed by atoms with Crippen molar-refractivity contribution < 1.29 is 4.79 Å². The van der Waals surface area contributed by atoms with Crippen LogP contribution < -0.4 is 5.32 Å². The molecule has 0 fully saturated rings. The van der Waals surface area contributed by atoms with E-state index in [9.17, 15) is 4.79 Å². The Kier molecular flexibility index (Phi) is 5.38. The number of amides is 1. The van der Waals surface area contributed by atoms with Gasteiger partial charge < -0.3 is 5.32 Å². The lowest BCUT2D eigenvalue weighted by molar-refractivity contribution is 0.101. The standard InChI is InChI=1S/C24H21ClN4O/c1-15-8-11-20(12-9-15)29-23(18-5-4-6-19(25)14-18)27-22(28-29)24(30)26-21-13-16(2)7-10-17(21)3/h4-14H,1-3H3,(H,26,30). The van der Waals surface area contributed by atoms with Gasteiger partial charge in [-0.15, -0.1) is 5.10 Å². The van der Waals surface area contributed by atoms with Crippen LogP contribution in [-0.4, -0.2) is 20.7 Å². The fourth-order valence-corrected chi connectivity index (χ4v) is 3.33. The van der Waals surface area contributed by atoms with Crippen molar-refractivity contribution in [1.29, 1.82) is 0 Å². The fraction of sp³-hybridized carbons (Fsp3) is 0.125. The van der Waals surface area contributed by atoms with Crippen LogP contribution in [0.2, 0.25) is 5.02 Å². The summed E-state index contributed by atoms with van der Waals surface area (Å²) < 4.78 is 1.67. The van der Waals surface area contributed by atoms with Crippen molar-refractivity contribution in [3.63, 3.8) is 0 Å². The molecule has 4 rings (SSSR count). The zero-order valence-corrected chi connectivity index (χ0v) is 17.7. The molecule has 0 unspecified atom stereocenters. The van der Waals surface area contributed by atoms with Gasteiger partial charge in [-0.05, 0) is 62.2 Å². The average Bonchev–Trinajstić information content (AvgIpc) is 3.17. The van der Waals surface area contributed by atoms with Crippen LogP contribution in [0.4, 0.5) is 5.69 Å². The number of hydrogen-bond donors (Lipinski definition) is 1. The molecule has 1 N–H and O–H groups in total. The predicted molar refractivity (Wildman–Crippen MR) is 120 cm³/mol. The number of carbonyl (C=O) groups excluding carboxylic acids is 1. The van der Waals surface area contributed by atoms with Gasteiger partial charge in [0.25, 0.3) is 5.91 Å². The first-order valence-corrected chi connectivity index (χ1v) is 9.97. The highest BCUT2D eigenvalue weighted by Crippen LogP contribution is 2.25. The van der Waals surface area contributed by atoms with Crippen LogP contribution >= 0.6 is 11.6 Å². The Morgan fingerprint density at radius 2 is 1.67 bits per heavy atom. The van der Waals surface area contributed by atoms with E-state index in [1.165, 1.54) is 0 Å². The van der Waals surface area contributed by atoms with Gasteiger partial charge >= 0.3 is 0 Å². The quantitative estimate of drug-likeness (QED) is 0.459. The molecule has 30 heavy (non-hydrogen) atoms. The summed E-state index contributed by atoms with van der Waals surface area (Å²) in [5.41, 5.74) is 5.51. The van der Waals surface area contributed by atoms with E-state index in [-0.39, 0.29) is 11.7 Å². The Balaban J connectivity index is 1.77. The maximum Gasteiger partial charge on any atom is 0.295 e. The smallest absolute Gasteiger partial charge is 0.295 e. The van der Waals surface area contributed by atoms with Crippen molar-refractivity contribution in [3.8, 4) is 17.1 Å². The van der Waals surface area contributed by atoms with E-state index >= 15 is 0 Å². The highest BCUT2D eigenvalue weighted by Gasteiger charge is 2.19. The van der Waals surface area contributed by atoms with E-state index in [0.717, 1.165) is 33.6 Å². The molecule has 0 spiro atoms. The fourth-order valence-electron chi connectivity index (χ4n) is 3.14. The van der Waals surface area contributed by atoms with E-state index in [4.69, 9.17) is 11.6 Å². The monoisotopic (exact) mass is 416 g/mol. The average molecular weight is 417 g/mol. The van der Waals surface area contributed by atoms with Gasteiger partial charge in [0.05, 0.1) is 5.69 Å². The molecule has 6 heteroatoms. The van der Waals surface area contributed by atoms with Crippen LogP contribution in [0.25, 0.3) is 17.1 Å². The Hall–Kier alpha value is -3.44. The Morgan fingerprint density at radius 3 is 2.40 bits per heavy atom. The second kappa shape index (κ2) is 8.13. The maximum absolute atomic E-state index is 13.0. The number of carbonyl (C=O) groups is 1. The van der Waals surface area contributed by atoms with Crippen molar-refractivity contribution in [2.24, 2.45) is 0 Å². The highest BCUT2D eigenvalue weighted by atomic mass is 35.5. The van der Waals surface area contributed by atoms with Crippen molar-refractivity contribution in [1.82, 2.24) is 14.8 Å². The molecule has 0 saturated carbocycles. The van der Waals surface area contributed by atoms with Crippen molar-refractivity contribution in [3.05, 3.63) is 94.3 Å². The summed E-state index contributed by atoms with van der Waals surface area (Å²) in [7, 11) is 0. The van der Waals surface area contributed by atoms with E-state index < -0.39 is 0 Å². The molecule has 150 valence electrons. The van der Waals surface area contributed by atoms with Gasteiger partial charge in [-0.25, -0.2) is 9.67 Å². The van der Waals surface area contributed by atoms with Gasteiger partial charge in [0.15, 0.2) is 5.82 Å². The minimum Gasteiger partial charge on any atom is -0.319 e. The van der Waals surface area contributed by atoms with Gasteiger partial charge in [-0.2, -0.15) is 0 Å². The predicted octanol–water partition coefficient (Wildman–Crippen LogP) is 5.77. The maximum atomic E-state index is 13.0. The van der Waals surface area contributed by atoms with Crippen LogP contribution in [0.1, 0.15) is 27.3 Å². The lowest BCUT2D eigenvalue weighted by Gasteiger charge is -2.07. The minimum absolute atomic E-state index is 0.0893. The molecule has 0 aliphatic carbocycles. The van der Waals surface area contributed by atoms with Crippen LogP contribution in [0, 0.1) is 20.8 Å². The van der Waals surface area contributed by atoms with Gasteiger partial charge in [-0.1, -0.05) is 53.6 Å². The first-order chi connectivity index (χ1) is 14.4. The number of aromatic nitrogens is 3. The number of halogens is 1. The second-order valence-electron chi connectivity index (χ2n) is 7.29. The summed E-state index contributed by atoms with van der Waals surface area (Å²) in [6.45, 7) is 5.95. The molecule has 4 aromatic rings. The lowest BCUT2D eigenvalue weighted by Crippen LogP contribution is -2.15. The molecular weight excluding hydrogens is 396 g/mol. The van der Waals surface area contributed by atoms with E-state index in [0.29, 0.717) is 10.8 Å². The normalized spacial score (nSPS) is 10.8. The summed E-state index contributed by atoms with van der Waals surface area (Å²) in [4.78, 5) is 17.5. The molecule has 0 atom stereocenters. The third kappa shape index (κ3) is 4.11. The zero-order chi connectivity index (χ0) is 21.3. The highest BCUT2D eigenvalue weighted by molar-refractivity contribution is 6.30. The number of nitrogens with one attached hydrogen (secondary N) is 1. The first kappa shape index (κ1) is 19.9. The van der Waals surface area contributed by atoms with E-state index in [2.05, 4.69) is 15.4 Å².